The molecule has 4 N–H and O–H groups in total. The number of alkyl halides is 3. The fourth-order valence-electron chi connectivity index (χ4n) is 1.47. The van der Waals surface area contributed by atoms with E-state index >= 15 is 0 Å². The van der Waals surface area contributed by atoms with Crippen LogP contribution < -0.4 is 16.4 Å². The molecule has 0 aliphatic carbocycles. The van der Waals surface area contributed by atoms with Crippen LogP contribution in [0.15, 0.2) is 18.2 Å². The van der Waals surface area contributed by atoms with E-state index in [2.05, 4.69) is 10.6 Å². The molecule has 1 rings (SSSR count). The Morgan fingerprint density at radius 2 is 1.81 bits per heavy atom. The first-order chi connectivity index (χ1) is 9.74. The molecule has 0 fully saturated rings. The number of amides is 2. The number of hydrogen-bond acceptors (Lipinski definition) is 3. The Morgan fingerprint density at radius 3 is 2.38 bits per heavy atom. The van der Waals surface area contributed by atoms with Gasteiger partial charge in [-0.2, -0.15) is 13.2 Å². The second-order valence-corrected chi connectivity index (χ2v) is 4.06. The number of benzene rings is 1. The van der Waals surface area contributed by atoms with Crippen molar-refractivity contribution in [1.82, 2.24) is 10.6 Å². The Hall–Kier alpha value is -2.16. The summed E-state index contributed by atoms with van der Waals surface area (Å²) < 4.78 is 51.0. The monoisotopic (exact) mass is 307 g/mol. The molecule has 116 valence electrons. The van der Waals surface area contributed by atoms with Crippen molar-refractivity contribution in [3.05, 3.63) is 35.1 Å². The Kier molecular flexibility index (Phi) is 5.65. The summed E-state index contributed by atoms with van der Waals surface area (Å²) in [7, 11) is 0. The summed E-state index contributed by atoms with van der Waals surface area (Å²) in [4.78, 5) is 22.1. The van der Waals surface area contributed by atoms with Crippen molar-refractivity contribution in [3.63, 3.8) is 0 Å². The van der Waals surface area contributed by atoms with E-state index in [4.69, 9.17) is 5.73 Å². The molecule has 2 amide bonds. The molecule has 0 radical (unpaired) electrons. The van der Waals surface area contributed by atoms with Crippen LogP contribution in [0.5, 0.6) is 0 Å². The zero-order valence-corrected chi connectivity index (χ0v) is 10.8. The summed E-state index contributed by atoms with van der Waals surface area (Å²) in [5, 5.41) is 4.36. The van der Waals surface area contributed by atoms with Gasteiger partial charge in [-0.3, -0.25) is 9.59 Å². The Bertz CT molecular complexity index is 532. The number of carbonyl (C=O) groups is 2. The van der Waals surface area contributed by atoms with E-state index in [1.807, 2.05) is 0 Å². The second kappa shape index (κ2) is 7.02. The van der Waals surface area contributed by atoms with Gasteiger partial charge in [-0.25, -0.2) is 4.39 Å². The molecule has 0 spiro atoms. The highest BCUT2D eigenvalue weighted by molar-refractivity contribution is 5.85. The molecule has 0 heterocycles. The smallest absolute Gasteiger partial charge is 0.350 e. The van der Waals surface area contributed by atoms with Crippen LogP contribution in [0, 0.1) is 5.82 Å². The first-order valence-electron chi connectivity index (χ1n) is 5.83. The Balaban J connectivity index is 2.67. The summed E-state index contributed by atoms with van der Waals surface area (Å²) in [5.74, 6) is -2.27. The lowest BCUT2D eigenvalue weighted by atomic mass is 10.1. The summed E-state index contributed by atoms with van der Waals surface area (Å²) in [6.07, 6.45) is -4.73. The molecule has 5 nitrogen and oxygen atoms in total. The van der Waals surface area contributed by atoms with E-state index in [9.17, 15) is 27.2 Å². The lowest BCUT2D eigenvalue weighted by Crippen LogP contribution is -2.39. The molecule has 0 aliphatic rings. The summed E-state index contributed by atoms with van der Waals surface area (Å²) in [6, 6.07) is 2.17. The van der Waals surface area contributed by atoms with Gasteiger partial charge in [-0.1, -0.05) is 6.07 Å². The van der Waals surface area contributed by atoms with Gasteiger partial charge < -0.3 is 16.4 Å². The van der Waals surface area contributed by atoms with E-state index < -0.39 is 42.5 Å². The maximum absolute atomic E-state index is 12.9. The molecule has 0 aliphatic heterocycles. The van der Waals surface area contributed by atoms with Crippen LogP contribution in [-0.4, -0.2) is 24.9 Å². The van der Waals surface area contributed by atoms with Crippen LogP contribution in [0.3, 0.4) is 0 Å². The van der Waals surface area contributed by atoms with Crippen LogP contribution >= 0.6 is 0 Å². The summed E-state index contributed by atoms with van der Waals surface area (Å²) in [6.45, 7) is -1.14. The van der Waals surface area contributed by atoms with Crippen LogP contribution in [-0.2, 0) is 22.3 Å². The number of nitrogens with one attached hydrogen (secondary N) is 2. The normalized spacial score (nSPS) is 11.1. The SMILES string of the molecule is NCC(=O)NCC(=O)NCc1ccc(F)cc1C(F)(F)F. The number of carbonyl (C=O) groups excluding carboxylic acids is 2. The molecule has 0 atom stereocenters. The van der Waals surface area contributed by atoms with Crippen molar-refractivity contribution >= 4 is 11.8 Å². The average Bonchev–Trinajstić information content (AvgIpc) is 2.42. The van der Waals surface area contributed by atoms with E-state index in [0.717, 1.165) is 12.1 Å². The van der Waals surface area contributed by atoms with Crippen molar-refractivity contribution in [1.29, 1.82) is 0 Å². The quantitative estimate of drug-likeness (QED) is 0.694. The maximum Gasteiger partial charge on any atom is 0.416 e. The number of hydrogen-bond donors (Lipinski definition) is 3. The van der Waals surface area contributed by atoms with Gasteiger partial charge in [-0.15, -0.1) is 0 Å². The molecule has 0 bridgehead atoms. The van der Waals surface area contributed by atoms with E-state index in [0.29, 0.717) is 6.07 Å². The number of halogens is 4. The van der Waals surface area contributed by atoms with Gasteiger partial charge in [0.2, 0.25) is 11.8 Å². The molecule has 9 heteroatoms. The van der Waals surface area contributed by atoms with Crippen molar-refractivity contribution < 1.29 is 27.2 Å². The topological polar surface area (TPSA) is 84.2 Å². The third-order valence-electron chi connectivity index (χ3n) is 2.48. The minimum atomic E-state index is -4.73. The first kappa shape index (κ1) is 16.9. The van der Waals surface area contributed by atoms with Crippen LogP contribution in [0.4, 0.5) is 17.6 Å². The number of nitrogens with two attached hydrogens (primary N) is 1. The van der Waals surface area contributed by atoms with Crippen LogP contribution in [0.1, 0.15) is 11.1 Å². The molecular formula is C12H13F4N3O2. The van der Waals surface area contributed by atoms with E-state index in [1.165, 1.54) is 0 Å². The standard InChI is InChI=1S/C12H13F4N3O2/c13-8-2-1-7(9(3-8)12(14,15)16)5-18-11(21)6-19-10(20)4-17/h1-3H,4-6,17H2,(H,18,21)(H,19,20). The van der Waals surface area contributed by atoms with Gasteiger partial charge in [0.15, 0.2) is 0 Å². The van der Waals surface area contributed by atoms with Gasteiger partial charge in [-0.05, 0) is 17.7 Å². The zero-order valence-electron chi connectivity index (χ0n) is 10.8. The van der Waals surface area contributed by atoms with E-state index in [-0.39, 0.29) is 12.1 Å². The predicted octanol–water partition coefficient (Wildman–Crippen LogP) is 0.536. The van der Waals surface area contributed by atoms with Gasteiger partial charge in [0.05, 0.1) is 18.7 Å². The second-order valence-electron chi connectivity index (χ2n) is 4.06. The highest BCUT2D eigenvalue weighted by Gasteiger charge is 2.33. The van der Waals surface area contributed by atoms with Gasteiger partial charge in [0.1, 0.15) is 5.82 Å². The minimum absolute atomic E-state index is 0.276. The third-order valence-corrected chi connectivity index (χ3v) is 2.48. The summed E-state index contributed by atoms with van der Waals surface area (Å²) in [5.41, 5.74) is 3.57. The minimum Gasteiger partial charge on any atom is -0.350 e. The zero-order chi connectivity index (χ0) is 16.0. The highest BCUT2D eigenvalue weighted by Crippen LogP contribution is 2.32. The molecule has 1 aromatic carbocycles. The van der Waals surface area contributed by atoms with Crippen LogP contribution in [0.25, 0.3) is 0 Å². The van der Waals surface area contributed by atoms with Gasteiger partial charge in [0, 0.05) is 6.54 Å². The Morgan fingerprint density at radius 1 is 1.14 bits per heavy atom. The molecule has 21 heavy (non-hydrogen) atoms. The predicted molar refractivity (Wildman–Crippen MR) is 65.3 cm³/mol. The Labute approximate surface area is 117 Å². The number of rotatable bonds is 5. The van der Waals surface area contributed by atoms with Gasteiger partial charge >= 0.3 is 6.18 Å². The molecule has 0 saturated heterocycles. The summed E-state index contributed by atoms with van der Waals surface area (Å²) >= 11 is 0. The average molecular weight is 307 g/mol. The van der Waals surface area contributed by atoms with Crippen molar-refractivity contribution in [2.45, 2.75) is 12.7 Å². The lowest BCUT2D eigenvalue weighted by Gasteiger charge is -2.13. The highest BCUT2D eigenvalue weighted by atomic mass is 19.4. The maximum atomic E-state index is 12.9. The molecule has 0 unspecified atom stereocenters. The van der Waals surface area contributed by atoms with Crippen LogP contribution in [0.2, 0.25) is 0 Å². The largest absolute Gasteiger partial charge is 0.416 e. The van der Waals surface area contributed by atoms with Gasteiger partial charge in [0.25, 0.3) is 0 Å². The van der Waals surface area contributed by atoms with Crippen molar-refractivity contribution in [2.24, 2.45) is 5.73 Å². The molecule has 1 aromatic rings. The molecule has 0 saturated carbocycles. The van der Waals surface area contributed by atoms with Crippen molar-refractivity contribution in [2.75, 3.05) is 13.1 Å². The molecular weight excluding hydrogens is 294 g/mol. The fourth-order valence-corrected chi connectivity index (χ4v) is 1.47. The third kappa shape index (κ3) is 5.38. The first-order valence-corrected chi connectivity index (χ1v) is 5.83. The van der Waals surface area contributed by atoms with Crippen molar-refractivity contribution in [3.8, 4) is 0 Å². The van der Waals surface area contributed by atoms with E-state index in [1.54, 1.807) is 0 Å². The lowest BCUT2D eigenvalue weighted by molar-refractivity contribution is -0.138. The molecule has 0 aromatic heterocycles. The fraction of sp³-hybridized carbons (Fsp3) is 0.333.